The Kier molecular flexibility index (Phi) is 4.35. The molecule has 2 rings (SSSR count). The summed E-state index contributed by atoms with van der Waals surface area (Å²) in [5, 5.41) is 10.4. The molecule has 0 heterocycles. The fourth-order valence-corrected chi connectivity index (χ4v) is 2.24. The second-order valence-corrected chi connectivity index (χ2v) is 5.15. The van der Waals surface area contributed by atoms with Crippen LogP contribution in [0, 0.1) is 12.8 Å². The summed E-state index contributed by atoms with van der Waals surface area (Å²) in [5.41, 5.74) is 9.46. The maximum absolute atomic E-state index is 10.4. The van der Waals surface area contributed by atoms with Crippen molar-refractivity contribution in [1.29, 1.82) is 0 Å². The average molecular weight is 255 g/mol. The Bertz CT molecular complexity index is 507. The van der Waals surface area contributed by atoms with E-state index in [1.54, 1.807) is 0 Å². The maximum atomic E-state index is 10.4. The van der Waals surface area contributed by atoms with Crippen LogP contribution >= 0.6 is 0 Å². The molecule has 0 aromatic heterocycles. The van der Waals surface area contributed by atoms with Gasteiger partial charge in [-0.25, -0.2) is 0 Å². The van der Waals surface area contributed by atoms with Crippen LogP contribution in [0.25, 0.3) is 0 Å². The molecule has 2 nitrogen and oxygen atoms in total. The van der Waals surface area contributed by atoms with Crippen molar-refractivity contribution in [2.45, 2.75) is 26.0 Å². The van der Waals surface area contributed by atoms with Crippen molar-refractivity contribution in [3.8, 4) is 0 Å². The molecule has 100 valence electrons. The lowest BCUT2D eigenvalue weighted by Crippen LogP contribution is -2.24. The lowest BCUT2D eigenvalue weighted by molar-refractivity contribution is 0.103. The topological polar surface area (TPSA) is 46.2 Å². The second-order valence-electron chi connectivity index (χ2n) is 5.15. The van der Waals surface area contributed by atoms with Gasteiger partial charge in [-0.05, 0) is 18.1 Å². The van der Waals surface area contributed by atoms with Crippen LogP contribution in [0.15, 0.2) is 54.6 Å². The minimum absolute atomic E-state index is 0.0369. The van der Waals surface area contributed by atoms with Crippen molar-refractivity contribution in [3.63, 3.8) is 0 Å². The van der Waals surface area contributed by atoms with Gasteiger partial charge in [-0.2, -0.15) is 0 Å². The first-order valence-electron chi connectivity index (χ1n) is 6.64. The van der Waals surface area contributed by atoms with Crippen LogP contribution in [0.5, 0.6) is 0 Å². The van der Waals surface area contributed by atoms with E-state index in [1.807, 2.05) is 49.4 Å². The third kappa shape index (κ3) is 3.22. The normalized spacial score (nSPS) is 15.8. The molecule has 0 fully saturated rings. The van der Waals surface area contributed by atoms with E-state index in [0.717, 1.165) is 11.1 Å². The number of aryl methyl sites for hydroxylation is 1. The zero-order valence-electron chi connectivity index (χ0n) is 11.5. The van der Waals surface area contributed by atoms with Crippen molar-refractivity contribution in [3.05, 3.63) is 71.3 Å². The average Bonchev–Trinajstić information content (AvgIpc) is 2.46. The molecule has 0 unspecified atom stereocenters. The van der Waals surface area contributed by atoms with Gasteiger partial charge in [-0.1, -0.05) is 67.1 Å². The van der Waals surface area contributed by atoms with Crippen molar-refractivity contribution < 1.29 is 5.11 Å². The van der Waals surface area contributed by atoms with Gasteiger partial charge in [0.2, 0.25) is 0 Å². The monoisotopic (exact) mass is 255 g/mol. The zero-order chi connectivity index (χ0) is 13.8. The molecule has 0 aliphatic carbocycles. The van der Waals surface area contributed by atoms with Crippen molar-refractivity contribution in [2.75, 3.05) is 0 Å². The van der Waals surface area contributed by atoms with Crippen LogP contribution in [0.1, 0.15) is 35.8 Å². The molecule has 0 spiro atoms. The number of nitrogens with two attached hydrogens (primary N) is 1. The molecular formula is C17H21NO. The summed E-state index contributed by atoms with van der Waals surface area (Å²) in [4.78, 5) is 0. The predicted octanol–water partition coefficient (Wildman–Crippen LogP) is 3.36. The van der Waals surface area contributed by atoms with Crippen LogP contribution in [0.4, 0.5) is 0 Å². The lowest BCUT2D eigenvalue weighted by atomic mass is 9.87. The lowest BCUT2D eigenvalue weighted by Gasteiger charge is -2.25. The van der Waals surface area contributed by atoms with E-state index in [9.17, 15) is 5.11 Å². The smallest absolute Gasteiger partial charge is 0.0833 e. The summed E-state index contributed by atoms with van der Waals surface area (Å²) in [6.45, 7) is 4.04. The quantitative estimate of drug-likeness (QED) is 0.880. The molecule has 19 heavy (non-hydrogen) atoms. The summed E-state index contributed by atoms with van der Waals surface area (Å²) < 4.78 is 0. The van der Waals surface area contributed by atoms with E-state index in [0.29, 0.717) is 0 Å². The molecule has 0 amide bonds. The predicted molar refractivity (Wildman–Crippen MR) is 78.7 cm³/mol. The molecule has 0 bridgehead atoms. The van der Waals surface area contributed by atoms with Crippen LogP contribution in [-0.4, -0.2) is 5.11 Å². The Labute approximate surface area is 114 Å². The fourth-order valence-electron chi connectivity index (χ4n) is 2.24. The standard InChI is InChI=1S/C17H21NO/c1-12-8-10-14(11-9-12)16(18)13(2)17(19)15-6-4-3-5-7-15/h3-11,13,16-17,19H,18H2,1-2H3/t13-,16-,17-/m1/s1. The minimum Gasteiger partial charge on any atom is -0.388 e. The highest BCUT2D eigenvalue weighted by Gasteiger charge is 2.23. The first-order valence-corrected chi connectivity index (χ1v) is 6.64. The van der Waals surface area contributed by atoms with Gasteiger partial charge >= 0.3 is 0 Å². The summed E-state index contributed by atoms with van der Waals surface area (Å²) in [6, 6.07) is 17.7. The molecule has 0 saturated heterocycles. The number of hydrogen-bond donors (Lipinski definition) is 2. The van der Waals surface area contributed by atoms with Gasteiger partial charge in [-0.3, -0.25) is 0 Å². The van der Waals surface area contributed by atoms with Crippen LogP contribution in [-0.2, 0) is 0 Å². The minimum atomic E-state index is -0.544. The molecule has 0 aliphatic heterocycles. The van der Waals surface area contributed by atoms with E-state index in [2.05, 4.69) is 19.1 Å². The zero-order valence-corrected chi connectivity index (χ0v) is 11.5. The van der Waals surface area contributed by atoms with Gasteiger partial charge in [0, 0.05) is 12.0 Å². The third-order valence-electron chi connectivity index (χ3n) is 3.67. The Morgan fingerprint density at radius 3 is 2.05 bits per heavy atom. The number of rotatable bonds is 4. The van der Waals surface area contributed by atoms with E-state index in [1.165, 1.54) is 5.56 Å². The van der Waals surface area contributed by atoms with Gasteiger partial charge in [0.15, 0.2) is 0 Å². The van der Waals surface area contributed by atoms with Gasteiger partial charge in [-0.15, -0.1) is 0 Å². The molecule has 2 aromatic rings. The summed E-state index contributed by atoms with van der Waals surface area (Å²) in [7, 11) is 0. The van der Waals surface area contributed by atoms with Gasteiger partial charge in [0.05, 0.1) is 6.10 Å². The Balaban J connectivity index is 2.15. The third-order valence-corrected chi connectivity index (χ3v) is 3.67. The largest absolute Gasteiger partial charge is 0.388 e. The van der Waals surface area contributed by atoms with E-state index in [-0.39, 0.29) is 12.0 Å². The molecule has 0 saturated carbocycles. The van der Waals surface area contributed by atoms with Crippen LogP contribution in [0.2, 0.25) is 0 Å². The number of aliphatic hydroxyl groups excluding tert-OH is 1. The second kappa shape index (κ2) is 6.00. The number of aliphatic hydroxyl groups is 1. The first kappa shape index (κ1) is 13.8. The van der Waals surface area contributed by atoms with Crippen molar-refractivity contribution in [2.24, 2.45) is 11.7 Å². The van der Waals surface area contributed by atoms with E-state index >= 15 is 0 Å². The molecule has 3 atom stereocenters. The molecular weight excluding hydrogens is 234 g/mol. The SMILES string of the molecule is Cc1ccc([C@H](N)[C@@H](C)[C@@H](O)c2ccccc2)cc1. The van der Waals surface area contributed by atoms with E-state index < -0.39 is 6.10 Å². The molecule has 3 N–H and O–H groups in total. The molecule has 0 radical (unpaired) electrons. The van der Waals surface area contributed by atoms with Crippen LogP contribution < -0.4 is 5.73 Å². The molecule has 0 aliphatic rings. The van der Waals surface area contributed by atoms with Crippen molar-refractivity contribution >= 4 is 0 Å². The Hall–Kier alpha value is -1.64. The highest BCUT2D eigenvalue weighted by molar-refractivity contribution is 5.26. The molecule has 2 heteroatoms. The van der Waals surface area contributed by atoms with Crippen LogP contribution in [0.3, 0.4) is 0 Å². The van der Waals surface area contributed by atoms with Gasteiger partial charge in [0.25, 0.3) is 0 Å². The van der Waals surface area contributed by atoms with Gasteiger partial charge < -0.3 is 10.8 Å². The Morgan fingerprint density at radius 1 is 0.895 bits per heavy atom. The number of hydrogen-bond acceptors (Lipinski definition) is 2. The summed E-state index contributed by atoms with van der Waals surface area (Å²) >= 11 is 0. The molecule has 2 aromatic carbocycles. The first-order chi connectivity index (χ1) is 9.09. The maximum Gasteiger partial charge on any atom is 0.0833 e. The van der Waals surface area contributed by atoms with Crippen molar-refractivity contribution in [1.82, 2.24) is 0 Å². The van der Waals surface area contributed by atoms with Gasteiger partial charge in [0.1, 0.15) is 0 Å². The summed E-state index contributed by atoms with van der Waals surface area (Å²) in [5.74, 6) is -0.0369. The summed E-state index contributed by atoms with van der Waals surface area (Å²) in [6.07, 6.45) is -0.544. The Morgan fingerprint density at radius 2 is 1.47 bits per heavy atom. The fraction of sp³-hybridized carbons (Fsp3) is 0.294. The highest BCUT2D eigenvalue weighted by Crippen LogP contribution is 2.30. The number of benzene rings is 2. The van der Waals surface area contributed by atoms with E-state index in [4.69, 9.17) is 5.73 Å². The highest BCUT2D eigenvalue weighted by atomic mass is 16.3.